The van der Waals surface area contributed by atoms with Crippen molar-refractivity contribution in [3.05, 3.63) is 41.6 Å². The number of nitrogens with two attached hydrogens (primary N) is 3. The van der Waals surface area contributed by atoms with E-state index in [1.165, 1.54) is 11.3 Å². The highest BCUT2D eigenvalue weighted by atomic mass is 19.2. The van der Waals surface area contributed by atoms with Crippen molar-refractivity contribution >= 4 is 17.7 Å². The Labute approximate surface area is 178 Å². The summed E-state index contributed by atoms with van der Waals surface area (Å²) in [6, 6.07) is 0.337. The first-order valence-electron chi connectivity index (χ1n) is 10.2. The molecule has 2 aliphatic heterocycles. The average molecular weight is 439 g/mol. The molecule has 0 saturated carbocycles. The Morgan fingerprint density at radius 3 is 2.48 bits per heavy atom. The van der Waals surface area contributed by atoms with Crippen molar-refractivity contribution in [1.29, 1.82) is 0 Å². The molecule has 6 N–H and O–H groups in total. The van der Waals surface area contributed by atoms with Crippen molar-refractivity contribution < 1.29 is 27.6 Å². The molecular formula is C21H26F3N4O3. The Kier molecular flexibility index (Phi) is 6.59. The highest BCUT2D eigenvalue weighted by molar-refractivity contribution is 5.95. The number of amides is 3. The molecule has 7 nitrogen and oxygen atoms in total. The molecule has 10 heteroatoms. The second-order valence-corrected chi connectivity index (χ2v) is 8.43. The summed E-state index contributed by atoms with van der Waals surface area (Å²) in [4.78, 5) is 37.6. The van der Waals surface area contributed by atoms with Gasteiger partial charge in [-0.2, -0.15) is 0 Å². The monoisotopic (exact) mass is 439 g/mol. The average Bonchev–Trinajstić information content (AvgIpc) is 2.93. The van der Waals surface area contributed by atoms with Gasteiger partial charge in [0.05, 0.1) is 6.42 Å². The zero-order valence-electron chi connectivity index (χ0n) is 17.0. The maximum Gasteiger partial charge on any atom is 0.243 e. The lowest BCUT2D eigenvalue weighted by atomic mass is 9.76. The number of benzene rings is 1. The number of primary amides is 2. The molecule has 2 bridgehead atoms. The van der Waals surface area contributed by atoms with Gasteiger partial charge in [-0.1, -0.05) is 0 Å². The SMILES string of the molecule is NC(=O)CC[CH]C(=O)N1C2CC[C@@]1(C(N)=O)CC([C@H](N)Cc1cc(F)c(F)cc1F)C2. The van der Waals surface area contributed by atoms with Crippen LogP contribution in [0.4, 0.5) is 13.2 Å². The van der Waals surface area contributed by atoms with Gasteiger partial charge in [-0.25, -0.2) is 13.2 Å². The molecule has 2 saturated heterocycles. The van der Waals surface area contributed by atoms with Crippen molar-refractivity contribution in [2.24, 2.45) is 23.1 Å². The van der Waals surface area contributed by atoms with E-state index in [-0.39, 0.29) is 49.1 Å². The lowest BCUT2D eigenvalue weighted by Crippen LogP contribution is -2.63. The second-order valence-electron chi connectivity index (χ2n) is 8.43. The minimum Gasteiger partial charge on any atom is -0.370 e. The second kappa shape index (κ2) is 8.86. The molecule has 0 spiro atoms. The van der Waals surface area contributed by atoms with Gasteiger partial charge in [-0.3, -0.25) is 14.4 Å². The van der Waals surface area contributed by atoms with Crippen LogP contribution < -0.4 is 17.2 Å². The fourth-order valence-corrected chi connectivity index (χ4v) is 4.93. The van der Waals surface area contributed by atoms with Gasteiger partial charge < -0.3 is 22.1 Å². The van der Waals surface area contributed by atoms with E-state index >= 15 is 0 Å². The predicted molar refractivity (Wildman–Crippen MR) is 105 cm³/mol. The van der Waals surface area contributed by atoms with Gasteiger partial charge in [0, 0.05) is 24.6 Å². The maximum atomic E-state index is 14.0. The molecule has 2 fully saturated rings. The molecule has 31 heavy (non-hydrogen) atoms. The smallest absolute Gasteiger partial charge is 0.243 e. The van der Waals surface area contributed by atoms with Crippen LogP contribution in [0.2, 0.25) is 0 Å². The molecular weight excluding hydrogens is 413 g/mol. The van der Waals surface area contributed by atoms with Crippen LogP contribution in [0, 0.1) is 29.8 Å². The Morgan fingerprint density at radius 2 is 1.84 bits per heavy atom. The Balaban J connectivity index is 1.76. The maximum absolute atomic E-state index is 14.0. The zero-order valence-corrected chi connectivity index (χ0v) is 17.0. The van der Waals surface area contributed by atoms with Crippen LogP contribution in [0.5, 0.6) is 0 Å². The van der Waals surface area contributed by atoms with Crippen LogP contribution in [-0.2, 0) is 20.8 Å². The normalized spacial score (nSPS) is 26.0. The van der Waals surface area contributed by atoms with Gasteiger partial charge in [-0.05, 0) is 56.1 Å². The third kappa shape index (κ3) is 4.53. The molecule has 2 heterocycles. The molecule has 0 aliphatic carbocycles. The Bertz CT molecular complexity index is 897. The van der Waals surface area contributed by atoms with Gasteiger partial charge in [0.15, 0.2) is 11.6 Å². The van der Waals surface area contributed by atoms with Crippen molar-refractivity contribution in [3.63, 3.8) is 0 Å². The number of carbonyl (C=O) groups excluding carboxylic acids is 3. The predicted octanol–water partition coefficient (Wildman–Crippen LogP) is 1.07. The van der Waals surface area contributed by atoms with E-state index in [0.29, 0.717) is 25.3 Å². The van der Waals surface area contributed by atoms with Crippen molar-refractivity contribution in [2.45, 2.75) is 62.6 Å². The number of fused-ring (bicyclic) bond motifs is 2. The molecule has 2 unspecified atom stereocenters. The van der Waals surface area contributed by atoms with Crippen LogP contribution in [-0.4, -0.2) is 40.2 Å². The van der Waals surface area contributed by atoms with E-state index in [4.69, 9.17) is 17.2 Å². The Hall–Kier alpha value is -2.62. The highest BCUT2D eigenvalue weighted by Gasteiger charge is 2.57. The summed E-state index contributed by atoms with van der Waals surface area (Å²) in [6.45, 7) is 0. The molecule has 2 aliphatic rings. The summed E-state index contributed by atoms with van der Waals surface area (Å²) in [6.07, 6.45) is 3.06. The van der Waals surface area contributed by atoms with Gasteiger partial charge >= 0.3 is 0 Å². The third-order valence-electron chi connectivity index (χ3n) is 6.45. The van der Waals surface area contributed by atoms with Crippen molar-refractivity contribution in [3.8, 4) is 0 Å². The molecule has 0 aromatic heterocycles. The zero-order chi connectivity index (χ0) is 22.9. The first-order chi connectivity index (χ1) is 14.5. The van der Waals surface area contributed by atoms with E-state index in [2.05, 4.69) is 0 Å². The van der Waals surface area contributed by atoms with Crippen LogP contribution in [0.15, 0.2) is 12.1 Å². The summed E-state index contributed by atoms with van der Waals surface area (Å²) in [5.41, 5.74) is 15.8. The first-order valence-corrected chi connectivity index (χ1v) is 10.2. The minimum atomic E-state index is -1.28. The van der Waals surface area contributed by atoms with Crippen LogP contribution in [0.3, 0.4) is 0 Å². The lowest BCUT2D eigenvalue weighted by Gasteiger charge is -2.47. The van der Waals surface area contributed by atoms with E-state index in [9.17, 15) is 27.6 Å². The fourth-order valence-electron chi connectivity index (χ4n) is 4.93. The molecule has 169 valence electrons. The van der Waals surface area contributed by atoms with Crippen molar-refractivity contribution in [1.82, 2.24) is 4.90 Å². The minimum absolute atomic E-state index is 0.0150. The van der Waals surface area contributed by atoms with E-state index < -0.39 is 40.8 Å². The number of rotatable bonds is 8. The summed E-state index contributed by atoms with van der Waals surface area (Å²) in [7, 11) is 0. The first kappa shape index (κ1) is 23.1. The lowest BCUT2D eigenvalue weighted by molar-refractivity contribution is -0.148. The number of nitrogens with zero attached hydrogens (tertiary/aromatic N) is 1. The summed E-state index contributed by atoms with van der Waals surface area (Å²) < 4.78 is 40.8. The number of hydrogen-bond donors (Lipinski definition) is 3. The highest BCUT2D eigenvalue weighted by Crippen LogP contribution is 2.47. The topological polar surface area (TPSA) is 133 Å². The van der Waals surface area contributed by atoms with E-state index in [0.717, 1.165) is 6.07 Å². The van der Waals surface area contributed by atoms with Crippen LogP contribution in [0.1, 0.15) is 44.1 Å². The number of piperidine rings is 1. The number of hydrogen-bond acceptors (Lipinski definition) is 4. The summed E-state index contributed by atoms with van der Waals surface area (Å²) >= 11 is 0. The van der Waals surface area contributed by atoms with Crippen molar-refractivity contribution in [2.75, 3.05) is 0 Å². The largest absolute Gasteiger partial charge is 0.370 e. The van der Waals surface area contributed by atoms with Gasteiger partial charge in [-0.15, -0.1) is 0 Å². The van der Waals surface area contributed by atoms with Crippen LogP contribution in [0.25, 0.3) is 0 Å². The van der Waals surface area contributed by atoms with E-state index in [1.807, 2.05) is 0 Å². The summed E-state index contributed by atoms with van der Waals surface area (Å²) in [5.74, 6) is -5.18. The molecule has 4 atom stereocenters. The molecule has 3 rings (SSSR count). The molecule has 3 amide bonds. The van der Waals surface area contributed by atoms with Gasteiger partial charge in [0.2, 0.25) is 17.7 Å². The molecule has 1 aromatic rings. The van der Waals surface area contributed by atoms with Gasteiger partial charge in [0.1, 0.15) is 11.4 Å². The number of halogens is 3. The standard InChI is InChI=1S/C21H26F3N4O3/c22-14-9-16(24)15(23)7-11(14)8-17(25)12-6-13-4-5-21(10-12,20(27)31)28(13)19(30)3-1-2-18(26)29/h3,7,9,12-13,17H,1-2,4-6,8,10,25H2,(H2,26,29)(H2,27,31)/t12?,13?,17-,21+/m1/s1. The van der Waals surface area contributed by atoms with Crippen LogP contribution >= 0.6 is 0 Å². The molecule has 1 aromatic carbocycles. The van der Waals surface area contributed by atoms with Gasteiger partial charge in [0.25, 0.3) is 0 Å². The summed E-state index contributed by atoms with van der Waals surface area (Å²) in [5, 5.41) is 0. The number of carbonyl (C=O) groups is 3. The quantitative estimate of drug-likeness (QED) is 0.523. The fraction of sp³-hybridized carbons (Fsp3) is 0.524. The third-order valence-corrected chi connectivity index (χ3v) is 6.45. The molecule has 1 radical (unpaired) electrons. The van der Waals surface area contributed by atoms with E-state index in [1.54, 1.807) is 0 Å². The Morgan fingerprint density at radius 1 is 1.16 bits per heavy atom.